The molecule has 2 fully saturated rings. The molecule has 3 atom stereocenters. The summed E-state index contributed by atoms with van der Waals surface area (Å²) >= 11 is 0. The zero-order valence-corrected chi connectivity index (χ0v) is 21.1. The summed E-state index contributed by atoms with van der Waals surface area (Å²) in [6.45, 7) is 10.0. The molecule has 2 aliphatic heterocycles. The van der Waals surface area contributed by atoms with Gasteiger partial charge in [0.1, 0.15) is 5.75 Å². The van der Waals surface area contributed by atoms with Crippen molar-refractivity contribution < 1.29 is 9.47 Å². The third-order valence-corrected chi connectivity index (χ3v) is 5.95. The van der Waals surface area contributed by atoms with E-state index in [2.05, 4.69) is 57.5 Å². The smallest absolute Gasteiger partial charge is 0.191 e. The van der Waals surface area contributed by atoms with Gasteiger partial charge < -0.3 is 25.0 Å². The third-order valence-electron chi connectivity index (χ3n) is 5.95. The molecule has 3 rings (SSSR count). The SMILES string of the molecule is CN=C(NCC(C)N1CCOCC1C)NC1CCCN(c2cccc(OC)c2)C1.I. The lowest BCUT2D eigenvalue weighted by Crippen LogP contribution is -2.55. The Kier molecular flexibility index (Phi) is 10.5. The zero-order chi connectivity index (χ0) is 20.6. The van der Waals surface area contributed by atoms with Crippen LogP contribution in [0.25, 0.3) is 0 Å². The zero-order valence-electron chi connectivity index (χ0n) is 18.8. The fraction of sp³-hybridized carbons (Fsp3) is 0.682. The van der Waals surface area contributed by atoms with Crippen molar-refractivity contribution in [3.8, 4) is 5.75 Å². The number of anilines is 1. The summed E-state index contributed by atoms with van der Waals surface area (Å²) in [4.78, 5) is 9.39. The van der Waals surface area contributed by atoms with Crippen molar-refractivity contribution in [3.63, 3.8) is 0 Å². The van der Waals surface area contributed by atoms with E-state index in [0.29, 0.717) is 18.1 Å². The van der Waals surface area contributed by atoms with Crippen molar-refractivity contribution in [1.82, 2.24) is 15.5 Å². The van der Waals surface area contributed by atoms with E-state index in [1.54, 1.807) is 7.11 Å². The van der Waals surface area contributed by atoms with Gasteiger partial charge in [0.2, 0.25) is 0 Å². The lowest BCUT2D eigenvalue weighted by Gasteiger charge is -2.38. The maximum atomic E-state index is 5.56. The highest BCUT2D eigenvalue weighted by Crippen LogP contribution is 2.24. The predicted molar refractivity (Wildman–Crippen MR) is 135 cm³/mol. The maximum Gasteiger partial charge on any atom is 0.191 e. The number of methoxy groups -OCH3 is 1. The van der Waals surface area contributed by atoms with Gasteiger partial charge in [0.05, 0.1) is 20.3 Å². The van der Waals surface area contributed by atoms with E-state index in [4.69, 9.17) is 9.47 Å². The molecule has 0 bridgehead atoms. The van der Waals surface area contributed by atoms with Crippen LogP contribution in [0.2, 0.25) is 0 Å². The van der Waals surface area contributed by atoms with Gasteiger partial charge in [-0.1, -0.05) is 6.07 Å². The van der Waals surface area contributed by atoms with Crippen molar-refractivity contribution in [2.24, 2.45) is 4.99 Å². The number of guanidine groups is 1. The van der Waals surface area contributed by atoms with Crippen LogP contribution in [-0.2, 0) is 4.74 Å². The predicted octanol–water partition coefficient (Wildman–Crippen LogP) is 2.56. The number of morpholine rings is 1. The second-order valence-corrected chi connectivity index (χ2v) is 8.09. The van der Waals surface area contributed by atoms with Crippen molar-refractivity contribution in [2.75, 3.05) is 58.5 Å². The van der Waals surface area contributed by atoms with E-state index < -0.39 is 0 Å². The summed E-state index contributed by atoms with van der Waals surface area (Å²) in [6, 6.07) is 9.59. The summed E-state index contributed by atoms with van der Waals surface area (Å²) in [5.74, 6) is 1.79. The number of ether oxygens (including phenoxy) is 2. The molecule has 0 saturated carbocycles. The van der Waals surface area contributed by atoms with Gasteiger partial charge in [-0.05, 0) is 38.8 Å². The Hall–Kier alpha value is -1.26. The average Bonchev–Trinajstić information content (AvgIpc) is 2.77. The summed E-state index contributed by atoms with van der Waals surface area (Å²) < 4.78 is 10.9. The van der Waals surface area contributed by atoms with E-state index in [0.717, 1.165) is 63.9 Å². The molecule has 170 valence electrons. The quantitative estimate of drug-likeness (QED) is 0.335. The Labute approximate surface area is 198 Å². The minimum Gasteiger partial charge on any atom is -0.497 e. The highest BCUT2D eigenvalue weighted by Gasteiger charge is 2.25. The molecule has 0 radical (unpaired) electrons. The molecule has 2 aliphatic rings. The van der Waals surface area contributed by atoms with Crippen LogP contribution in [-0.4, -0.2) is 82.5 Å². The van der Waals surface area contributed by atoms with Gasteiger partial charge in [0.15, 0.2) is 5.96 Å². The first-order chi connectivity index (χ1) is 14.1. The third kappa shape index (κ3) is 6.88. The Morgan fingerprint density at radius 1 is 1.37 bits per heavy atom. The fourth-order valence-electron chi connectivity index (χ4n) is 4.28. The van der Waals surface area contributed by atoms with Crippen LogP contribution in [0, 0.1) is 0 Å². The van der Waals surface area contributed by atoms with Crippen molar-refractivity contribution >= 4 is 35.6 Å². The van der Waals surface area contributed by atoms with Gasteiger partial charge in [0.25, 0.3) is 0 Å². The molecule has 0 aliphatic carbocycles. The monoisotopic (exact) mass is 531 g/mol. The number of nitrogens with one attached hydrogen (secondary N) is 2. The molecule has 0 aromatic heterocycles. The first-order valence-electron chi connectivity index (χ1n) is 10.8. The summed E-state index contributed by atoms with van der Waals surface area (Å²) in [5.41, 5.74) is 1.22. The van der Waals surface area contributed by atoms with Gasteiger partial charge >= 0.3 is 0 Å². The number of benzene rings is 1. The molecule has 2 heterocycles. The summed E-state index contributed by atoms with van der Waals surface area (Å²) in [7, 11) is 3.56. The molecule has 0 amide bonds. The van der Waals surface area contributed by atoms with Gasteiger partial charge in [-0.3, -0.25) is 9.89 Å². The van der Waals surface area contributed by atoms with Crippen LogP contribution in [0.15, 0.2) is 29.3 Å². The molecular formula is C22H38IN5O2. The van der Waals surface area contributed by atoms with E-state index in [1.807, 2.05) is 13.1 Å². The Balaban J connectivity index is 0.00000320. The molecule has 3 unspecified atom stereocenters. The number of nitrogens with zero attached hydrogens (tertiary/aromatic N) is 3. The largest absolute Gasteiger partial charge is 0.497 e. The Morgan fingerprint density at radius 2 is 2.20 bits per heavy atom. The van der Waals surface area contributed by atoms with Crippen molar-refractivity contribution in [2.45, 2.75) is 44.8 Å². The normalized spacial score (nSPS) is 24.0. The minimum atomic E-state index is 0. The van der Waals surface area contributed by atoms with Gasteiger partial charge in [-0.2, -0.15) is 0 Å². The van der Waals surface area contributed by atoms with Crippen LogP contribution in [0.3, 0.4) is 0 Å². The molecule has 0 spiro atoms. The molecular weight excluding hydrogens is 493 g/mol. The first kappa shape index (κ1) is 25.0. The number of hydrogen-bond acceptors (Lipinski definition) is 5. The second kappa shape index (κ2) is 12.6. The van der Waals surface area contributed by atoms with Gasteiger partial charge in [-0.15, -0.1) is 24.0 Å². The first-order valence-corrected chi connectivity index (χ1v) is 10.8. The molecule has 30 heavy (non-hydrogen) atoms. The molecule has 1 aromatic carbocycles. The van der Waals surface area contributed by atoms with Gasteiger partial charge in [-0.25, -0.2) is 0 Å². The number of piperidine rings is 1. The van der Waals surface area contributed by atoms with E-state index in [-0.39, 0.29) is 24.0 Å². The lowest BCUT2D eigenvalue weighted by molar-refractivity contribution is -0.0174. The second-order valence-electron chi connectivity index (χ2n) is 8.09. The minimum absolute atomic E-state index is 0. The van der Waals surface area contributed by atoms with Crippen LogP contribution in [0.1, 0.15) is 26.7 Å². The van der Waals surface area contributed by atoms with Crippen LogP contribution < -0.4 is 20.3 Å². The van der Waals surface area contributed by atoms with Gasteiger partial charge in [0, 0.05) is 63.1 Å². The topological polar surface area (TPSA) is 61.4 Å². The number of aliphatic imine (C=N–C) groups is 1. The highest BCUT2D eigenvalue weighted by atomic mass is 127. The van der Waals surface area contributed by atoms with Crippen LogP contribution in [0.5, 0.6) is 5.75 Å². The number of hydrogen-bond donors (Lipinski definition) is 2. The average molecular weight is 531 g/mol. The number of rotatable bonds is 6. The highest BCUT2D eigenvalue weighted by molar-refractivity contribution is 14.0. The summed E-state index contributed by atoms with van der Waals surface area (Å²) in [5, 5.41) is 7.15. The standard InChI is InChI=1S/C22H37N5O2.HI/c1-17(27-11-12-29-16-18(27)2)14-24-22(23-3)25-19-7-6-10-26(15-19)20-8-5-9-21(13-20)28-4;/h5,8-9,13,17-19H,6-7,10-12,14-16H2,1-4H3,(H2,23,24,25);1H. The summed E-state index contributed by atoms with van der Waals surface area (Å²) in [6.07, 6.45) is 2.31. The molecule has 7 nitrogen and oxygen atoms in total. The molecule has 2 saturated heterocycles. The molecule has 1 aromatic rings. The van der Waals surface area contributed by atoms with Crippen LogP contribution >= 0.6 is 24.0 Å². The van der Waals surface area contributed by atoms with E-state index in [9.17, 15) is 0 Å². The Morgan fingerprint density at radius 3 is 2.93 bits per heavy atom. The van der Waals surface area contributed by atoms with E-state index >= 15 is 0 Å². The van der Waals surface area contributed by atoms with Crippen molar-refractivity contribution in [3.05, 3.63) is 24.3 Å². The van der Waals surface area contributed by atoms with Crippen LogP contribution in [0.4, 0.5) is 5.69 Å². The maximum absolute atomic E-state index is 5.56. The fourth-order valence-corrected chi connectivity index (χ4v) is 4.28. The van der Waals surface area contributed by atoms with Crippen molar-refractivity contribution in [1.29, 1.82) is 0 Å². The van der Waals surface area contributed by atoms with E-state index in [1.165, 1.54) is 5.69 Å². The lowest BCUT2D eigenvalue weighted by atomic mass is 10.0. The number of halogens is 1. The molecule has 2 N–H and O–H groups in total. The molecule has 8 heteroatoms. The Bertz CT molecular complexity index is 675.